The first-order valence-electron chi connectivity index (χ1n) is 10.7. The molecule has 0 aliphatic heterocycles. The Hall–Kier alpha value is -4.13. The van der Waals surface area contributed by atoms with Crippen LogP contribution in [0, 0.1) is 10.1 Å². The second-order valence-electron chi connectivity index (χ2n) is 7.42. The number of benzene rings is 3. The van der Waals surface area contributed by atoms with Crippen LogP contribution < -0.4 is 0 Å². The molecule has 0 saturated carbocycles. The molecule has 0 fully saturated rings. The average Bonchev–Trinajstić information content (AvgIpc) is 2.86. The lowest BCUT2D eigenvalue weighted by atomic mass is 9.98. The Labute approximate surface area is 191 Å². The van der Waals surface area contributed by atoms with E-state index in [9.17, 15) is 19.7 Å². The SMILES string of the molecule is CCCCC/C(=N/OC(=O)c1ccccc1)C(=O)c1ccc(-c2ccccc2[N+](=O)[O-])cc1. The fraction of sp³-hybridized carbons (Fsp3) is 0.192. The number of nitrogens with zero attached hydrogens (tertiary/aromatic N) is 2. The molecule has 0 amide bonds. The van der Waals surface area contributed by atoms with Crippen molar-refractivity contribution in [2.24, 2.45) is 5.16 Å². The van der Waals surface area contributed by atoms with Gasteiger partial charge in [0.25, 0.3) is 5.69 Å². The van der Waals surface area contributed by atoms with Gasteiger partial charge in [-0.15, -0.1) is 0 Å². The second-order valence-corrected chi connectivity index (χ2v) is 7.42. The maximum atomic E-state index is 13.1. The zero-order chi connectivity index (χ0) is 23.6. The molecule has 3 rings (SSSR count). The topological polar surface area (TPSA) is 98.9 Å². The molecule has 0 aliphatic carbocycles. The van der Waals surface area contributed by atoms with E-state index >= 15 is 0 Å². The van der Waals surface area contributed by atoms with Gasteiger partial charge in [0.15, 0.2) is 0 Å². The summed E-state index contributed by atoms with van der Waals surface area (Å²) in [6, 6.07) is 21.4. The van der Waals surface area contributed by atoms with Crippen LogP contribution in [0.3, 0.4) is 0 Å². The number of oxime groups is 1. The molecule has 0 bridgehead atoms. The second kappa shape index (κ2) is 11.5. The molecule has 0 spiro atoms. The Kier molecular flexibility index (Phi) is 8.18. The Bertz CT molecular complexity index is 1150. The maximum absolute atomic E-state index is 13.1. The van der Waals surface area contributed by atoms with E-state index in [-0.39, 0.29) is 17.2 Å². The summed E-state index contributed by atoms with van der Waals surface area (Å²) in [5.41, 5.74) is 1.95. The van der Waals surface area contributed by atoms with Crippen molar-refractivity contribution in [3.05, 3.63) is 100 Å². The van der Waals surface area contributed by atoms with Gasteiger partial charge in [-0.1, -0.05) is 79.5 Å². The van der Waals surface area contributed by atoms with E-state index in [1.807, 2.05) is 0 Å². The van der Waals surface area contributed by atoms with Gasteiger partial charge in [-0.3, -0.25) is 14.9 Å². The molecular formula is C26H24N2O5. The van der Waals surface area contributed by atoms with Crippen molar-refractivity contribution in [1.29, 1.82) is 0 Å². The molecule has 0 aliphatic rings. The molecule has 0 aromatic heterocycles. The molecule has 0 saturated heterocycles. The van der Waals surface area contributed by atoms with Crippen LogP contribution in [0.15, 0.2) is 84.0 Å². The molecule has 3 aromatic rings. The summed E-state index contributed by atoms with van der Waals surface area (Å²) in [6.07, 6.45) is 2.99. The summed E-state index contributed by atoms with van der Waals surface area (Å²) in [7, 11) is 0. The summed E-state index contributed by atoms with van der Waals surface area (Å²) >= 11 is 0. The van der Waals surface area contributed by atoms with E-state index in [4.69, 9.17) is 4.84 Å². The molecule has 7 nitrogen and oxygen atoms in total. The number of carbonyl (C=O) groups is 2. The molecule has 3 aromatic carbocycles. The van der Waals surface area contributed by atoms with Crippen molar-refractivity contribution < 1.29 is 19.3 Å². The van der Waals surface area contributed by atoms with Crippen LogP contribution >= 0.6 is 0 Å². The van der Waals surface area contributed by atoms with Crippen molar-refractivity contribution in [2.75, 3.05) is 0 Å². The van der Waals surface area contributed by atoms with E-state index in [1.54, 1.807) is 72.8 Å². The lowest BCUT2D eigenvalue weighted by Gasteiger charge is -2.07. The van der Waals surface area contributed by atoms with E-state index in [1.165, 1.54) is 6.07 Å². The predicted molar refractivity (Wildman–Crippen MR) is 126 cm³/mol. The first-order chi connectivity index (χ1) is 16.0. The number of nitro benzene ring substituents is 1. The zero-order valence-corrected chi connectivity index (χ0v) is 18.3. The van der Waals surface area contributed by atoms with E-state index < -0.39 is 10.9 Å². The Morgan fingerprint density at radius 2 is 1.55 bits per heavy atom. The molecule has 0 radical (unpaired) electrons. The van der Waals surface area contributed by atoms with Gasteiger partial charge in [0.1, 0.15) is 5.71 Å². The fourth-order valence-corrected chi connectivity index (χ4v) is 3.31. The molecular weight excluding hydrogens is 420 g/mol. The standard InChI is InChI=1S/C26H24N2O5/c1-2-3-5-13-23(27-33-26(30)21-10-6-4-7-11-21)25(29)20-17-15-19(16-18-20)22-12-8-9-14-24(22)28(31)32/h4,6-12,14-18H,2-3,5,13H2,1H3/b27-23-. The van der Waals surface area contributed by atoms with Crippen LogP contribution in [-0.2, 0) is 4.84 Å². The monoisotopic (exact) mass is 444 g/mol. The lowest BCUT2D eigenvalue weighted by Crippen LogP contribution is -2.16. The fourth-order valence-electron chi connectivity index (χ4n) is 3.31. The van der Waals surface area contributed by atoms with Gasteiger partial charge in [-0.25, -0.2) is 4.79 Å². The van der Waals surface area contributed by atoms with Crippen LogP contribution in [-0.4, -0.2) is 22.4 Å². The third-order valence-corrected chi connectivity index (χ3v) is 5.09. The number of para-hydroxylation sites is 1. The van der Waals surface area contributed by atoms with Gasteiger partial charge >= 0.3 is 5.97 Å². The van der Waals surface area contributed by atoms with Crippen molar-refractivity contribution in [1.82, 2.24) is 0 Å². The summed E-state index contributed by atoms with van der Waals surface area (Å²) < 4.78 is 0. The first-order valence-corrected chi connectivity index (χ1v) is 10.7. The zero-order valence-electron chi connectivity index (χ0n) is 18.3. The quantitative estimate of drug-likeness (QED) is 0.0920. The third kappa shape index (κ3) is 6.20. The van der Waals surface area contributed by atoms with Crippen LogP contribution in [0.1, 0.15) is 53.3 Å². The van der Waals surface area contributed by atoms with Crippen molar-refractivity contribution >= 4 is 23.2 Å². The minimum Gasteiger partial charge on any atom is -0.312 e. The highest BCUT2D eigenvalue weighted by Crippen LogP contribution is 2.29. The summed E-state index contributed by atoms with van der Waals surface area (Å²) in [4.78, 5) is 41.2. The van der Waals surface area contributed by atoms with E-state index in [0.717, 1.165) is 19.3 Å². The highest BCUT2D eigenvalue weighted by Gasteiger charge is 2.18. The average molecular weight is 444 g/mol. The summed E-state index contributed by atoms with van der Waals surface area (Å²) in [5, 5.41) is 15.2. The molecule has 0 N–H and O–H groups in total. The number of nitro groups is 1. The Morgan fingerprint density at radius 1 is 0.879 bits per heavy atom. The van der Waals surface area contributed by atoms with Gasteiger partial charge in [0.05, 0.1) is 16.1 Å². The number of hydrogen-bond donors (Lipinski definition) is 0. The van der Waals surface area contributed by atoms with Crippen LogP contribution in [0.25, 0.3) is 11.1 Å². The molecule has 0 unspecified atom stereocenters. The normalized spacial score (nSPS) is 11.1. The molecule has 0 atom stereocenters. The molecule has 7 heteroatoms. The lowest BCUT2D eigenvalue weighted by molar-refractivity contribution is -0.384. The minimum atomic E-state index is -0.636. The predicted octanol–water partition coefficient (Wildman–Crippen LogP) is 6.24. The van der Waals surface area contributed by atoms with Crippen molar-refractivity contribution in [2.45, 2.75) is 32.6 Å². The number of carbonyl (C=O) groups excluding carboxylic acids is 2. The minimum absolute atomic E-state index is 0.00813. The van der Waals surface area contributed by atoms with Gasteiger partial charge < -0.3 is 4.84 Å². The molecule has 0 heterocycles. The largest absolute Gasteiger partial charge is 0.365 e. The van der Waals surface area contributed by atoms with Gasteiger partial charge in [-0.05, 0) is 36.6 Å². The van der Waals surface area contributed by atoms with E-state index in [2.05, 4.69) is 12.1 Å². The number of rotatable bonds is 10. The summed E-state index contributed by atoms with van der Waals surface area (Å²) in [5.74, 6) is -0.982. The number of unbranched alkanes of at least 4 members (excludes halogenated alkanes) is 2. The van der Waals surface area contributed by atoms with Crippen molar-refractivity contribution in [3.8, 4) is 11.1 Å². The highest BCUT2D eigenvalue weighted by molar-refractivity contribution is 6.45. The number of hydrogen-bond acceptors (Lipinski definition) is 6. The van der Waals surface area contributed by atoms with Crippen LogP contribution in [0.4, 0.5) is 5.69 Å². The Balaban J connectivity index is 1.82. The summed E-state index contributed by atoms with van der Waals surface area (Å²) in [6.45, 7) is 2.05. The number of Topliss-reactive ketones (excluding diaryl/α,β-unsaturated/α-hetero) is 1. The van der Waals surface area contributed by atoms with Gasteiger partial charge in [-0.2, -0.15) is 0 Å². The van der Waals surface area contributed by atoms with Crippen LogP contribution in [0.2, 0.25) is 0 Å². The van der Waals surface area contributed by atoms with Gasteiger partial charge in [0, 0.05) is 11.6 Å². The van der Waals surface area contributed by atoms with Gasteiger partial charge in [0.2, 0.25) is 5.78 Å². The number of ketones is 1. The van der Waals surface area contributed by atoms with Crippen molar-refractivity contribution in [3.63, 3.8) is 0 Å². The first kappa shape index (κ1) is 23.5. The van der Waals surface area contributed by atoms with E-state index in [0.29, 0.717) is 28.7 Å². The Morgan fingerprint density at radius 3 is 2.21 bits per heavy atom. The smallest absolute Gasteiger partial charge is 0.312 e. The maximum Gasteiger partial charge on any atom is 0.365 e. The highest BCUT2D eigenvalue weighted by atomic mass is 16.7. The molecule has 168 valence electrons. The third-order valence-electron chi connectivity index (χ3n) is 5.09. The molecule has 33 heavy (non-hydrogen) atoms. The van der Waals surface area contributed by atoms with Crippen LogP contribution in [0.5, 0.6) is 0 Å².